The lowest BCUT2D eigenvalue weighted by molar-refractivity contribution is -0.160. The zero-order valence-electron chi connectivity index (χ0n) is 49.5. The van der Waals surface area contributed by atoms with E-state index >= 15 is 0 Å². The molecule has 0 unspecified atom stereocenters. The molecule has 0 bridgehead atoms. The van der Waals surface area contributed by atoms with Crippen molar-refractivity contribution in [2.75, 3.05) is 74.3 Å². The Labute approximate surface area is 488 Å². The second-order valence-corrected chi connectivity index (χ2v) is 29.1. The van der Waals surface area contributed by atoms with Gasteiger partial charge >= 0.3 is 0 Å². The molecular formula is C54H78N14O10S4. The second-order valence-electron chi connectivity index (χ2n) is 23.6. The molecule has 2 saturated carbocycles. The Morgan fingerprint density at radius 3 is 1.28 bits per heavy atom. The highest BCUT2D eigenvalue weighted by Gasteiger charge is 2.60. The maximum absolute atomic E-state index is 12.2. The molecule has 2 saturated heterocycles. The van der Waals surface area contributed by atoms with E-state index < -0.39 is 42.7 Å². The van der Waals surface area contributed by atoms with Gasteiger partial charge in [0.25, 0.3) is 0 Å². The Morgan fingerprint density at radius 1 is 0.573 bits per heavy atom. The normalized spacial score (nSPS) is 24.1. The molecule has 6 N–H and O–H groups in total. The third kappa shape index (κ3) is 13.7. The SMILES string of the molecule is COCCNc1nc(C)c(-c2nc3c(C)nccc3s2)c(N[C@@H]2C[C@H](C(C)(C)NS(C)(=O)=O)[C@H]3OC(C)(C)O[C@H]32)n1.COCCNc1nc(C)c(-c2nc3c(C)nccc3s2)c(N[C@@H]2C[C@H](C(C)(C)NS(C)(=O)=O)[C@H]3OC(C)(C)O[C@H]32)n1. The molecule has 8 heterocycles. The molecule has 24 nitrogen and oxygen atoms in total. The van der Waals surface area contributed by atoms with E-state index in [1.54, 1.807) is 49.3 Å². The average Bonchev–Trinajstić information content (AvgIpc) is 3.59. The molecular weight excluding hydrogens is 1130 g/mol. The van der Waals surface area contributed by atoms with Crippen molar-refractivity contribution in [3.63, 3.8) is 0 Å². The van der Waals surface area contributed by atoms with Crippen LogP contribution in [0.5, 0.6) is 0 Å². The van der Waals surface area contributed by atoms with Crippen LogP contribution in [0.2, 0.25) is 0 Å². The third-order valence-corrected chi connectivity index (χ3v) is 19.0. The number of nitrogens with zero attached hydrogens (tertiary/aromatic N) is 8. The summed E-state index contributed by atoms with van der Waals surface area (Å²) in [5, 5.41) is 15.4. The number of thiazole rings is 2. The second kappa shape index (κ2) is 23.5. The minimum atomic E-state index is -3.45. The van der Waals surface area contributed by atoms with Crippen LogP contribution < -0.4 is 30.7 Å². The maximum atomic E-state index is 12.2. The Bertz CT molecular complexity index is 3310. The lowest BCUT2D eigenvalue weighted by atomic mass is 9.85. The first-order valence-electron chi connectivity index (χ1n) is 27.2. The standard InChI is InChI=1S/2C27H39N7O5S2/c2*1-14-19(24-32-20-15(2)28-10-9-18(20)40-24)23(33-25(30-14)29-11-12-37-7)31-17-13-16(26(3,4)34-41(8,35)36)21-22(17)39-27(5,6)38-21/h2*9-10,16-17,21-22,34H,11-13H2,1-8H3,(H2,29,30,31,33)/t2*16-,17+,21+,22-/m00/s1. The number of rotatable bonds is 20. The molecule has 4 fully saturated rings. The summed E-state index contributed by atoms with van der Waals surface area (Å²) in [7, 11) is -3.62. The molecule has 2 aliphatic carbocycles. The van der Waals surface area contributed by atoms with Gasteiger partial charge in [-0.1, -0.05) is 0 Å². The Morgan fingerprint density at radius 2 is 0.939 bits per heavy atom. The summed E-state index contributed by atoms with van der Waals surface area (Å²) in [5.74, 6) is 0.222. The van der Waals surface area contributed by atoms with Crippen LogP contribution >= 0.6 is 22.7 Å². The summed E-state index contributed by atoms with van der Waals surface area (Å²) >= 11 is 3.13. The first kappa shape index (κ1) is 61.6. The van der Waals surface area contributed by atoms with Crippen LogP contribution in [0, 0.1) is 39.5 Å². The summed E-state index contributed by atoms with van der Waals surface area (Å²) in [6, 6.07) is 3.49. The molecule has 82 heavy (non-hydrogen) atoms. The highest BCUT2D eigenvalue weighted by Crippen LogP contribution is 2.50. The van der Waals surface area contributed by atoms with Gasteiger partial charge in [0.05, 0.1) is 93.3 Å². The summed E-state index contributed by atoms with van der Waals surface area (Å²) in [6.45, 7) is 25.0. The minimum Gasteiger partial charge on any atom is -0.383 e. The largest absolute Gasteiger partial charge is 0.383 e. The van der Waals surface area contributed by atoms with Crippen molar-refractivity contribution in [1.82, 2.24) is 49.3 Å². The smallest absolute Gasteiger partial charge is 0.224 e. The van der Waals surface area contributed by atoms with E-state index in [9.17, 15) is 16.8 Å². The van der Waals surface area contributed by atoms with Gasteiger partial charge in [0.2, 0.25) is 31.9 Å². The van der Waals surface area contributed by atoms with Crippen LogP contribution in [0.3, 0.4) is 0 Å². The topological polar surface area (TPSA) is 299 Å². The molecule has 0 radical (unpaired) electrons. The minimum absolute atomic E-state index is 0.164. The van der Waals surface area contributed by atoms with Gasteiger partial charge in [-0.05, 0) is 108 Å². The fourth-order valence-corrected chi connectivity index (χ4v) is 16.3. The number of fused-ring (bicyclic) bond motifs is 4. The summed E-state index contributed by atoms with van der Waals surface area (Å²) in [6.07, 6.45) is 5.81. The molecule has 4 aliphatic rings. The zero-order valence-corrected chi connectivity index (χ0v) is 52.7. The first-order chi connectivity index (χ1) is 38.3. The van der Waals surface area contributed by atoms with Crippen molar-refractivity contribution < 1.29 is 45.3 Å². The van der Waals surface area contributed by atoms with Gasteiger partial charge in [0.1, 0.15) is 44.9 Å². The van der Waals surface area contributed by atoms with E-state index in [1.807, 2.05) is 95.2 Å². The number of sulfonamides is 2. The molecule has 0 spiro atoms. The van der Waals surface area contributed by atoms with Crippen LogP contribution in [0.15, 0.2) is 24.5 Å². The van der Waals surface area contributed by atoms with Crippen LogP contribution in [0.4, 0.5) is 23.5 Å². The summed E-state index contributed by atoms with van der Waals surface area (Å²) in [4.78, 5) is 37.9. The fourth-order valence-electron chi connectivity index (χ4n) is 11.8. The number of aromatic nitrogens is 8. The quantitative estimate of drug-likeness (QED) is 0.0422. The van der Waals surface area contributed by atoms with Crippen LogP contribution in [-0.2, 0) is 48.5 Å². The number of aryl methyl sites for hydroxylation is 4. The molecule has 2 aliphatic heterocycles. The molecule has 6 aromatic rings. The number of anilines is 4. The Kier molecular flexibility index (Phi) is 17.6. The van der Waals surface area contributed by atoms with Gasteiger partial charge in [-0.3, -0.25) is 9.97 Å². The predicted molar refractivity (Wildman–Crippen MR) is 319 cm³/mol. The van der Waals surface area contributed by atoms with Gasteiger partial charge in [-0.25, -0.2) is 46.2 Å². The molecule has 28 heteroatoms. The number of nitrogens with one attached hydrogen (secondary N) is 6. The molecule has 8 atom stereocenters. The number of hydrogen-bond acceptors (Lipinski definition) is 24. The maximum Gasteiger partial charge on any atom is 0.224 e. The van der Waals surface area contributed by atoms with Crippen molar-refractivity contribution in [3.05, 3.63) is 47.3 Å². The van der Waals surface area contributed by atoms with Gasteiger partial charge in [-0.2, -0.15) is 9.97 Å². The van der Waals surface area contributed by atoms with Gasteiger partial charge in [-0.15, -0.1) is 22.7 Å². The molecule has 0 amide bonds. The average molecular weight is 1210 g/mol. The van der Waals surface area contributed by atoms with Crippen molar-refractivity contribution in [2.45, 2.75) is 155 Å². The molecule has 6 aromatic heterocycles. The Hall–Kier alpha value is -4.98. The van der Waals surface area contributed by atoms with Gasteiger partial charge in [0.15, 0.2) is 11.6 Å². The fraction of sp³-hybridized carbons (Fsp3) is 0.630. The number of methoxy groups -OCH3 is 2. The highest BCUT2D eigenvalue weighted by molar-refractivity contribution is 7.89. The van der Waals surface area contributed by atoms with E-state index in [0.29, 0.717) is 62.7 Å². The van der Waals surface area contributed by atoms with E-state index in [0.717, 1.165) is 64.4 Å². The molecule has 10 rings (SSSR count). The van der Waals surface area contributed by atoms with E-state index in [2.05, 4.69) is 40.7 Å². The van der Waals surface area contributed by atoms with Crippen LogP contribution in [0.25, 0.3) is 41.6 Å². The summed E-state index contributed by atoms with van der Waals surface area (Å²) in [5.41, 5.74) is 5.00. The van der Waals surface area contributed by atoms with Crippen molar-refractivity contribution >= 4 is 86.7 Å². The predicted octanol–water partition coefficient (Wildman–Crippen LogP) is 6.94. The van der Waals surface area contributed by atoms with E-state index in [4.69, 9.17) is 58.3 Å². The van der Waals surface area contributed by atoms with E-state index in [-0.39, 0.29) is 48.3 Å². The van der Waals surface area contributed by atoms with Crippen molar-refractivity contribution in [2.24, 2.45) is 11.8 Å². The van der Waals surface area contributed by atoms with Gasteiger partial charge in [0, 0.05) is 62.6 Å². The van der Waals surface area contributed by atoms with Crippen molar-refractivity contribution in [3.8, 4) is 21.1 Å². The zero-order chi connectivity index (χ0) is 59.5. The van der Waals surface area contributed by atoms with Crippen LogP contribution in [0.1, 0.15) is 91.0 Å². The number of ether oxygens (including phenoxy) is 6. The lowest BCUT2D eigenvalue weighted by Gasteiger charge is -2.35. The lowest BCUT2D eigenvalue weighted by Crippen LogP contribution is -2.52. The third-order valence-electron chi connectivity index (χ3n) is 15.1. The summed E-state index contributed by atoms with van der Waals surface area (Å²) < 4.78 is 92.5. The van der Waals surface area contributed by atoms with Gasteiger partial charge < -0.3 is 49.7 Å². The number of hydrogen-bond donors (Lipinski definition) is 6. The monoisotopic (exact) mass is 1210 g/mol. The molecule has 448 valence electrons. The Balaban J connectivity index is 0.000000198. The first-order valence-corrected chi connectivity index (χ1v) is 32.7. The van der Waals surface area contributed by atoms with Crippen molar-refractivity contribution in [1.29, 1.82) is 0 Å². The molecule has 0 aromatic carbocycles. The van der Waals surface area contributed by atoms with E-state index in [1.165, 1.54) is 12.5 Å². The highest BCUT2D eigenvalue weighted by atomic mass is 32.2. The number of pyridine rings is 2. The van der Waals surface area contributed by atoms with Crippen LogP contribution in [-0.4, -0.2) is 169 Å².